The molecule has 17 heavy (non-hydrogen) atoms. The van der Waals surface area contributed by atoms with E-state index in [-0.39, 0.29) is 21.4 Å². The van der Waals surface area contributed by atoms with E-state index >= 15 is 0 Å². The lowest BCUT2D eigenvalue weighted by Crippen LogP contribution is -2.10. The Labute approximate surface area is 102 Å². The molecule has 0 atom stereocenters. The molecular weight excluding hydrogens is 300 g/mol. The van der Waals surface area contributed by atoms with Crippen LogP contribution in [0.1, 0.15) is 0 Å². The zero-order valence-corrected chi connectivity index (χ0v) is 9.87. The Balaban J connectivity index is 2.42. The third kappa shape index (κ3) is 2.57. The van der Waals surface area contributed by atoms with Crippen molar-refractivity contribution >= 4 is 27.0 Å². The maximum atomic E-state index is 11.9. The average Bonchev–Trinajstić information content (AvgIpc) is 2.31. The number of alkyl halides is 2. The standard InChI is InChI=1S/C9H6BrF2N3O2/c10-7-8-4(1-14-9(7)16)13-2-6(15-8)17-3-5(11)12/h1-2,5H,3H2,(H,14,16). The zero-order valence-electron chi connectivity index (χ0n) is 8.28. The van der Waals surface area contributed by atoms with Crippen molar-refractivity contribution in [3.63, 3.8) is 0 Å². The number of aromatic nitrogens is 3. The van der Waals surface area contributed by atoms with Crippen molar-refractivity contribution in [3.8, 4) is 5.88 Å². The summed E-state index contributed by atoms with van der Waals surface area (Å²) in [4.78, 5) is 21.6. The van der Waals surface area contributed by atoms with Crippen LogP contribution in [-0.4, -0.2) is 28.0 Å². The number of nitrogens with one attached hydrogen (secondary N) is 1. The molecule has 0 amide bonds. The minimum atomic E-state index is -2.59. The lowest BCUT2D eigenvalue weighted by Gasteiger charge is -2.05. The molecule has 0 aliphatic rings. The number of aromatic amines is 1. The molecule has 2 aromatic heterocycles. The summed E-state index contributed by atoms with van der Waals surface area (Å²) in [5.41, 5.74) is 0.319. The predicted molar refractivity (Wildman–Crippen MR) is 59.4 cm³/mol. The summed E-state index contributed by atoms with van der Waals surface area (Å²) in [5, 5.41) is 0. The highest BCUT2D eigenvalue weighted by atomic mass is 79.9. The van der Waals surface area contributed by atoms with Crippen molar-refractivity contribution in [1.82, 2.24) is 15.0 Å². The molecule has 2 aromatic rings. The van der Waals surface area contributed by atoms with Gasteiger partial charge in [0.25, 0.3) is 12.0 Å². The van der Waals surface area contributed by atoms with Gasteiger partial charge in [0.05, 0.1) is 6.20 Å². The van der Waals surface area contributed by atoms with Gasteiger partial charge in [-0.1, -0.05) is 0 Å². The second-order valence-electron chi connectivity index (χ2n) is 3.08. The highest BCUT2D eigenvalue weighted by Crippen LogP contribution is 2.18. The van der Waals surface area contributed by atoms with Crippen LogP contribution < -0.4 is 10.3 Å². The average molecular weight is 306 g/mol. The number of H-pyrrole nitrogens is 1. The quantitative estimate of drug-likeness (QED) is 0.937. The zero-order chi connectivity index (χ0) is 12.4. The van der Waals surface area contributed by atoms with Gasteiger partial charge in [0, 0.05) is 6.20 Å². The Hall–Kier alpha value is -1.57. The molecule has 0 unspecified atom stereocenters. The number of hydrogen-bond donors (Lipinski definition) is 1. The molecule has 2 rings (SSSR count). The van der Waals surface area contributed by atoms with E-state index in [1.807, 2.05) is 0 Å². The van der Waals surface area contributed by atoms with Crippen LogP contribution in [0.2, 0.25) is 0 Å². The van der Waals surface area contributed by atoms with Gasteiger partial charge in [0.2, 0.25) is 5.88 Å². The normalized spacial score (nSPS) is 11.1. The van der Waals surface area contributed by atoms with E-state index in [2.05, 4.69) is 30.9 Å². The summed E-state index contributed by atoms with van der Waals surface area (Å²) in [6, 6.07) is 0. The van der Waals surface area contributed by atoms with Gasteiger partial charge in [-0.25, -0.2) is 18.7 Å². The molecule has 0 spiro atoms. The molecule has 0 aliphatic carbocycles. The Morgan fingerprint density at radius 2 is 2.29 bits per heavy atom. The van der Waals surface area contributed by atoms with Crippen molar-refractivity contribution in [2.45, 2.75) is 6.43 Å². The molecule has 1 N–H and O–H groups in total. The van der Waals surface area contributed by atoms with E-state index < -0.39 is 13.0 Å². The maximum absolute atomic E-state index is 11.9. The van der Waals surface area contributed by atoms with Gasteiger partial charge in [-0.05, 0) is 15.9 Å². The Kier molecular flexibility index (Phi) is 3.32. The van der Waals surface area contributed by atoms with Gasteiger partial charge < -0.3 is 9.72 Å². The first-order chi connectivity index (χ1) is 8.08. The molecule has 0 fully saturated rings. The number of hydrogen-bond acceptors (Lipinski definition) is 4. The lowest BCUT2D eigenvalue weighted by atomic mass is 10.4. The van der Waals surface area contributed by atoms with Gasteiger partial charge in [-0.15, -0.1) is 0 Å². The number of pyridine rings is 1. The predicted octanol–water partition coefficient (Wildman–Crippen LogP) is 1.72. The van der Waals surface area contributed by atoms with Crippen LogP contribution in [0.3, 0.4) is 0 Å². The summed E-state index contributed by atoms with van der Waals surface area (Å²) in [6.07, 6.45) is 0.0111. The molecule has 5 nitrogen and oxygen atoms in total. The Morgan fingerprint density at radius 3 is 3.00 bits per heavy atom. The van der Waals surface area contributed by atoms with E-state index in [9.17, 15) is 13.6 Å². The number of nitrogens with zero attached hydrogens (tertiary/aromatic N) is 2. The summed E-state index contributed by atoms with van der Waals surface area (Å²) >= 11 is 3.05. The fraction of sp³-hybridized carbons (Fsp3) is 0.222. The Morgan fingerprint density at radius 1 is 1.53 bits per heavy atom. The van der Waals surface area contributed by atoms with E-state index in [0.29, 0.717) is 5.52 Å². The van der Waals surface area contributed by atoms with Gasteiger partial charge in [-0.3, -0.25) is 4.79 Å². The molecule has 90 valence electrons. The molecule has 0 radical (unpaired) electrons. The molecule has 0 aromatic carbocycles. The van der Waals surface area contributed by atoms with Crippen LogP contribution in [0, 0.1) is 0 Å². The maximum Gasteiger partial charge on any atom is 0.272 e. The molecular formula is C9H6BrF2N3O2. The minimum absolute atomic E-state index is 0.0518. The summed E-state index contributed by atoms with van der Waals surface area (Å²) in [5.74, 6) is -0.0518. The number of fused-ring (bicyclic) bond motifs is 1. The van der Waals surface area contributed by atoms with Gasteiger partial charge in [0.1, 0.15) is 15.5 Å². The number of rotatable bonds is 3. The molecule has 0 aliphatic heterocycles. The fourth-order valence-electron chi connectivity index (χ4n) is 1.17. The smallest absolute Gasteiger partial charge is 0.272 e. The first-order valence-corrected chi connectivity index (χ1v) is 5.32. The summed E-state index contributed by atoms with van der Waals surface area (Å²) in [7, 11) is 0. The third-order valence-corrected chi connectivity index (χ3v) is 2.62. The Bertz CT molecular complexity index is 602. The summed E-state index contributed by atoms with van der Waals surface area (Å²) < 4.78 is 28.8. The van der Waals surface area contributed by atoms with Crippen LogP contribution in [0.4, 0.5) is 8.78 Å². The van der Waals surface area contributed by atoms with Crippen LogP contribution in [-0.2, 0) is 0 Å². The lowest BCUT2D eigenvalue weighted by molar-refractivity contribution is 0.0796. The molecule has 0 saturated carbocycles. The monoisotopic (exact) mass is 305 g/mol. The second kappa shape index (κ2) is 4.74. The number of ether oxygens (including phenoxy) is 1. The van der Waals surface area contributed by atoms with Crippen LogP contribution >= 0.6 is 15.9 Å². The first kappa shape index (κ1) is 11.9. The number of halogens is 3. The second-order valence-corrected chi connectivity index (χ2v) is 3.87. The van der Waals surface area contributed by atoms with Crippen molar-refractivity contribution in [2.75, 3.05) is 6.61 Å². The van der Waals surface area contributed by atoms with E-state index in [4.69, 9.17) is 4.74 Å². The molecule has 8 heteroatoms. The van der Waals surface area contributed by atoms with Crippen LogP contribution in [0.5, 0.6) is 5.88 Å². The van der Waals surface area contributed by atoms with E-state index in [1.165, 1.54) is 12.4 Å². The van der Waals surface area contributed by atoms with Crippen molar-refractivity contribution < 1.29 is 13.5 Å². The van der Waals surface area contributed by atoms with E-state index in [1.54, 1.807) is 0 Å². The van der Waals surface area contributed by atoms with Crippen LogP contribution in [0.25, 0.3) is 11.0 Å². The fourth-order valence-corrected chi connectivity index (χ4v) is 1.58. The van der Waals surface area contributed by atoms with Gasteiger partial charge in [0.15, 0.2) is 6.61 Å². The van der Waals surface area contributed by atoms with Crippen LogP contribution in [0.15, 0.2) is 21.7 Å². The topological polar surface area (TPSA) is 67.9 Å². The van der Waals surface area contributed by atoms with E-state index in [0.717, 1.165) is 0 Å². The first-order valence-electron chi connectivity index (χ1n) is 4.53. The highest BCUT2D eigenvalue weighted by Gasteiger charge is 2.09. The molecule has 0 saturated heterocycles. The highest BCUT2D eigenvalue weighted by molar-refractivity contribution is 9.10. The molecule has 2 heterocycles. The van der Waals surface area contributed by atoms with Gasteiger partial charge >= 0.3 is 0 Å². The molecule has 0 bridgehead atoms. The van der Waals surface area contributed by atoms with Crippen molar-refractivity contribution in [2.24, 2.45) is 0 Å². The van der Waals surface area contributed by atoms with Crippen molar-refractivity contribution in [1.29, 1.82) is 0 Å². The van der Waals surface area contributed by atoms with Gasteiger partial charge in [-0.2, -0.15) is 0 Å². The third-order valence-electron chi connectivity index (χ3n) is 1.88. The van der Waals surface area contributed by atoms with Crippen molar-refractivity contribution in [3.05, 3.63) is 27.2 Å². The summed E-state index contributed by atoms with van der Waals surface area (Å²) in [6.45, 7) is -0.763. The minimum Gasteiger partial charge on any atom is -0.470 e. The SMILES string of the molecule is O=c1[nH]cc2ncc(OCC(F)F)nc2c1Br. The largest absolute Gasteiger partial charge is 0.470 e.